The van der Waals surface area contributed by atoms with Gasteiger partial charge in [0.05, 0.1) is 24.8 Å². The lowest BCUT2D eigenvalue weighted by Crippen LogP contribution is -2.30. The zero-order chi connectivity index (χ0) is 22.6. The molecule has 2 N–H and O–H groups in total. The van der Waals surface area contributed by atoms with E-state index in [0.29, 0.717) is 22.3 Å². The Labute approximate surface area is 185 Å². The molecule has 8 nitrogen and oxygen atoms in total. The highest BCUT2D eigenvalue weighted by atomic mass is 32.2. The number of benzene rings is 2. The van der Waals surface area contributed by atoms with Crippen molar-refractivity contribution in [1.29, 1.82) is 0 Å². The molecule has 0 radical (unpaired) electrons. The highest BCUT2D eigenvalue weighted by Gasteiger charge is 2.18. The van der Waals surface area contributed by atoms with Crippen LogP contribution in [-0.2, 0) is 10.0 Å². The molecule has 0 spiro atoms. The Morgan fingerprint density at radius 3 is 2.48 bits per heavy atom. The first-order chi connectivity index (χ1) is 14.7. The molecule has 0 saturated carbocycles. The van der Waals surface area contributed by atoms with E-state index in [-0.39, 0.29) is 16.5 Å². The number of hydrogen-bond acceptors (Lipinski definition) is 7. The zero-order valence-corrected chi connectivity index (χ0v) is 19.1. The maximum Gasteiger partial charge on any atom is 0.257 e. The molecule has 0 aliphatic heterocycles. The van der Waals surface area contributed by atoms with E-state index in [2.05, 4.69) is 15.0 Å². The lowest BCUT2D eigenvalue weighted by molar-refractivity contribution is 0.102. The van der Waals surface area contributed by atoms with Crippen LogP contribution in [0.15, 0.2) is 52.7 Å². The minimum absolute atomic E-state index is 0.0269. The van der Waals surface area contributed by atoms with E-state index in [1.807, 2.05) is 11.4 Å². The standard InChI is InChI=1S/C21H23N3O5S2/c1-13(2)24-31(26,27)16-7-5-6-15(10-16)20(25)23-21-22-17(12-30-21)14-8-9-18(28-3)19(11-14)29-4/h5-13,24H,1-4H3,(H,22,23,25). The third-order valence-electron chi connectivity index (χ3n) is 4.20. The molecule has 0 bridgehead atoms. The Morgan fingerprint density at radius 1 is 1.06 bits per heavy atom. The van der Waals surface area contributed by atoms with Gasteiger partial charge in [0.1, 0.15) is 0 Å². The summed E-state index contributed by atoms with van der Waals surface area (Å²) in [7, 11) is -0.580. The second-order valence-corrected chi connectivity index (χ2v) is 9.44. The molecule has 1 heterocycles. The fourth-order valence-corrected chi connectivity index (χ4v) is 4.82. The molecule has 3 aromatic rings. The van der Waals surface area contributed by atoms with Crippen LogP contribution in [0.2, 0.25) is 0 Å². The predicted octanol–water partition coefficient (Wildman–Crippen LogP) is 3.77. The molecule has 2 aromatic carbocycles. The number of methoxy groups -OCH3 is 2. The summed E-state index contributed by atoms with van der Waals surface area (Å²) in [6.07, 6.45) is 0. The predicted molar refractivity (Wildman–Crippen MR) is 121 cm³/mol. The first-order valence-electron chi connectivity index (χ1n) is 9.35. The Balaban J connectivity index is 1.78. The molecular weight excluding hydrogens is 438 g/mol. The van der Waals surface area contributed by atoms with Gasteiger partial charge in [0.2, 0.25) is 10.0 Å². The number of rotatable bonds is 8. The fourth-order valence-electron chi connectivity index (χ4n) is 2.81. The van der Waals surface area contributed by atoms with Gasteiger partial charge in [-0.25, -0.2) is 18.1 Å². The summed E-state index contributed by atoms with van der Waals surface area (Å²) in [5.74, 6) is 0.734. The van der Waals surface area contributed by atoms with Gasteiger partial charge in [0.15, 0.2) is 16.6 Å². The molecular formula is C21H23N3O5S2. The van der Waals surface area contributed by atoms with Crippen molar-refractivity contribution >= 4 is 32.4 Å². The van der Waals surface area contributed by atoms with Crippen LogP contribution in [0.3, 0.4) is 0 Å². The topological polar surface area (TPSA) is 107 Å². The molecule has 10 heteroatoms. The Morgan fingerprint density at radius 2 is 1.81 bits per heavy atom. The van der Waals surface area contributed by atoms with Gasteiger partial charge in [-0.2, -0.15) is 0 Å². The lowest BCUT2D eigenvalue weighted by Gasteiger charge is -2.10. The number of hydrogen-bond donors (Lipinski definition) is 2. The van der Waals surface area contributed by atoms with E-state index in [1.54, 1.807) is 46.3 Å². The molecule has 0 aliphatic rings. The minimum Gasteiger partial charge on any atom is -0.493 e. The number of carbonyl (C=O) groups excluding carboxylic acids is 1. The van der Waals surface area contributed by atoms with Crippen molar-refractivity contribution in [2.45, 2.75) is 24.8 Å². The van der Waals surface area contributed by atoms with E-state index in [9.17, 15) is 13.2 Å². The molecule has 0 fully saturated rings. The maximum atomic E-state index is 12.6. The highest BCUT2D eigenvalue weighted by Crippen LogP contribution is 2.33. The monoisotopic (exact) mass is 461 g/mol. The smallest absolute Gasteiger partial charge is 0.257 e. The Kier molecular flexibility index (Phi) is 6.94. The lowest BCUT2D eigenvalue weighted by atomic mass is 10.1. The van der Waals surface area contributed by atoms with Crippen LogP contribution in [0.1, 0.15) is 24.2 Å². The highest BCUT2D eigenvalue weighted by molar-refractivity contribution is 7.89. The van der Waals surface area contributed by atoms with Gasteiger partial charge in [0.25, 0.3) is 5.91 Å². The summed E-state index contributed by atoms with van der Waals surface area (Å²) in [5.41, 5.74) is 1.69. The number of nitrogens with zero attached hydrogens (tertiary/aromatic N) is 1. The third kappa shape index (κ3) is 5.40. The van der Waals surface area contributed by atoms with Crippen LogP contribution in [0, 0.1) is 0 Å². The number of amides is 1. The number of ether oxygens (including phenoxy) is 2. The molecule has 0 atom stereocenters. The largest absolute Gasteiger partial charge is 0.493 e. The number of carbonyl (C=O) groups is 1. The fraction of sp³-hybridized carbons (Fsp3) is 0.238. The second kappa shape index (κ2) is 9.46. The molecule has 0 saturated heterocycles. The zero-order valence-electron chi connectivity index (χ0n) is 17.5. The molecule has 164 valence electrons. The number of anilines is 1. The van der Waals surface area contributed by atoms with Crippen molar-refractivity contribution in [2.24, 2.45) is 0 Å². The second-order valence-electron chi connectivity index (χ2n) is 6.87. The molecule has 0 unspecified atom stereocenters. The Bertz CT molecular complexity index is 1190. The van der Waals surface area contributed by atoms with E-state index in [1.165, 1.54) is 29.5 Å². The van der Waals surface area contributed by atoms with Crippen molar-refractivity contribution in [3.8, 4) is 22.8 Å². The maximum absolute atomic E-state index is 12.6. The van der Waals surface area contributed by atoms with E-state index in [0.717, 1.165) is 5.56 Å². The van der Waals surface area contributed by atoms with E-state index < -0.39 is 15.9 Å². The van der Waals surface area contributed by atoms with Crippen molar-refractivity contribution in [3.05, 3.63) is 53.4 Å². The SMILES string of the molecule is COc1ccc(-c2csc(NC(=O)c3cccc(S(=O)(=O)NC(C)C)c3)n2)cc1OC. The quantitative estimate of drug-likeness (QED) is 0.529. The van der Waals surface area contributed by atoms with Crippen LogP contribution in [0.5, 0.6) is 11.5 Å². The van der Waals surface area contributed by atoms with Gasteiger partial charge in [-0.05, 0) is 50.2 Å². The number of aromatic nitrogens is 1. The normalized spacial score (nSPS) is 11.4. The molecule has 3 rings (SSSR count). The molecule has 31 heavy (non-hydrogen) atoms. The summed E-state index contributed by atoms with van der Waals surface area (Å²) in [6, 6.07) is 11.0. The first kappa shape index (κ1) is 22.7. The van der Waals surface area contributed by atoms with Crippen molar-refractivity contribution < 1.29 is 22.7 Å². The Hall–Kier alpha value is -2.95. The van der Waals surface area contributed by atoms with Gasteiger partial charge < -0.3 is 9.47 Å². The van der Waals surface area contributed by atoms with Crippen LogP contribution in [-0.4, -0.2) is 39.6 Å². The summed E-state index contributed by atoms with van der Waals surface area (Å²) in [6.45, 7) is 3.46. The number of nitrogens with one attached hydrogen (secondary N) is 2. The van der Waals surface area contributed by atoms with Crippen molar-refractivity contribution in [2.75, 3.05) is 19.5 Å². The average Bonchev–Trinajstić information content (AvgIpc) is 3.20. The van der Waals surface area contributed by atoms with E-state index >= 15 is 0 Å². The average molecular weight is 462 g/mol. The third-order valence-corrected chi connectivity index (χ3v) is 6.62. The molecule has 0 aliphatic carbocycles. The van der Waals surface area contributed by atoms with Gasteiger partial charge in [-0.15, -0.1) is 11.3 Å². The van der Waals surface area contributed by atoms with Crippen LogP contribution < -0.4 is 19.5 Å². The van der Waals surface area contributed by atoms with Crippen LogP contribution in [0.25, 0.3) is 11.3 Å². The van der Waals surface area contributed by atoms with Crippen LogP contribution in [0.4, 0.5) is 5.13 Å². The summed E-state index contributed by atoms with van der Waals surface area (Å²) in [5, 5.41) is 4.92. The first-order valence-corrected chi connectivity index (χ1v) is 11.7. The van der Waals surface area contributed by atoms with Gasteiger partial charge in [0, 0.05) is 22.5 Å². The summed E-state index contributed by atoms with van der Waals surface area (Å²) in [4.78, 5) is 17.1. The summed E-state index contributed by atoms with van der Waals surface area (Å²) < 4.78 is 37.8. The molecule has 1 amide bonds. The van der Waals surface area contributed by atoms with Crippen LogP contribution >= 0.6 is 11.3 Å². The van der Waals surface area contributed by atoms with E-state index in [4.69, 9.17) is 9.47 Å². The van der Waals surface area contributed by atoms with Crippen molar-refractivity contribution in [1.82, 2.24) is 9.71 Å². The minimum atomic E-state index is -3.70. The molecule has 1 aromatic heterocycles. The van der Waals surface area contributed by atoms with Gasteiger partial charge in [-0.1, -0.05) is 6.07 Å². The number of thiazole rings is 1. The number of sulfonamides is 1. The van der Waals surface area contributed by atoms with Gasteiger partial charge >= 0.3 is 0 Å². The van der Waals surface area contributed by atoms with Crippen molar-refractivity contribution in [3.63, 3.8) is 0 Å². The summed E-state index contributed by atoms with van der Waals surface area (Å²) >= 11 is 1.26. The van der Waals surface area contributed by atoms with Gasteiger partial charge in [-0.3, -0.25) is 10.1 Å².